The monoisotopic (exact) mass is 346 g/mol. The zero-order valence-corrected chi connectivity index (χ0v) is 13.8. The van der Waals surface area contributed by atoms with Gasteiger partial charge in [0.15, 0.2) is 0 Å². The molecule has 0 radical (unpaired) electrons. The maximum absolute atomic E-state index is 13.0. The summed E-state index contributed by atoms with van der Waals surface area (Å²) in [6.45, 7) is 0.734. The smallest absolute Gasteiger partial charge is 0.393 e. The van der Waals surface area contributed by atoms with Gasteiger partial charge < -0.3 is 9.30 Å². The van der Waals surface area contributed by atoms with Gasteiger partial charge in [0.2, 0.25) is 0 Å². The summed E-state index contributed by atoms with van der Waals surface area (Å²) in [4.78, 5) is 13.7. The van der Waals surface area contributed by atoms with Crippen LogP contribution in [0.25, 0.3) is 0 Å². The molecular formula is C15H21F3N4O2. The second kappa shape index (κ2) is 6.02. The number of fused-ring (bicyclic) bond motifs is 1. The lowest BCUT2D eigenvalue weighted by Crippen LogP contribution is -2.35. The third-order valence-corrected chi connectivity index (χ3v) is 4.94. The van der Waals surface area contributed by atoms with Gasteiger partial charge in [0.25, 0.3) is 0 Å². The second-order valence-corrected chi connectivity index (χ2v) is 6.86. The molecule has 0 saturated heterocycles. The van der Waals surface area contributed by atoms with E-state index >= 15 is 0 Å². The number of hydrogen-bond donors (Lipinski definition) is 0. The zero-order valence-electron chi connectivity index (χ0n) is 13.8. The van der Waals surface area contributed by atoms with Crippen LogP contribution >= 0.6 is 0 Å². The molecule has 1 aliphatic carbocycles. The predicted octanol–water partition coefficient (Wildman–Crippen LogP) is 1.79. The Bertz CT molecular complexity index is 625. The van der Waals surface area contributed by atoms with E-state index in [1.54, 1.807) is 4.57 Å². The fourth-order valence-corrected chi connectivity index (χ4v) is 3.38. The Kier molecular flexibility index (Phi) is 4.31. The molecule has 1 aliphatic heterocycles. The number of ether oxygens (including phenoxy) is 1. The third-order valence-electron chi connectivity index (χ3n) is 4.94. The van der Waals surface area contributed by atoms with Crippen molar-refractivity contribution in [2.75, 3.05) is 20.7 Å². The topological polar surface area (TPSA) is 60.2 Å². The van der Waals surface area contributed by atoms with Crippen LogP contribution < -0.4 is 0 Å². The van der Waals surface area contributed by atoms with Crippen LogP contribution in [0.5, 0.6) is 0 Å². The number of rotatable bonds is 5. The summed E-state index contributed by atoms with van der Waals surface area (Å²) in [6.07, 6.45) is -2.31. The summed E-state index contributed by atoms with van der Waals surface area (Å²) >= 11 is 0. The van der Waals surface area contributed by atoms with Crippen LogP contribution in [-0.4, -0.2) is 52.5 Å². The van der Waals surface area contributed by atoms with Crippen molar-refractivity contribution in [3.05, 3.63) is 11.6 Å². The molecule has 134 valence electrons. The molecule has 6 nitrogen and oxygen atoms in total. The highest BCUT2D eigenvalue weighted by Crippen LogP contribution is 2.47. The molecule has 3 rings (SSSR count). The first kappa shape index (κ1) is 17.2. The number of esters is 1. The lowest BCUT2D eigenvalue weighted by atomic mass is 9.99. The van der Waals surface area contributed by atoms with Gasteiger partial charge in [0.05, 0.1) is 25.0 Å². The van der Waals surface area contributed by atoms with Crippen molar-refractivity contribution in [3.8, 4) is 0 Å². The highest BCUT2D eigenvalue weighted by atomic mass is 19.4. The van der Waals surface area contributed by atoms with E-state index in [-0.39, 0.29) is 25.4 Å². The van der Waals surface area contributed by atoms with Crippen LogP contribution in [0.15, 0.2) is 0 Å². The van der Waals surface area contributed by atoms with Gasteiger partial charge in [-0.05, 0) is 26.3 Å². The van der Waals surface area contributed by atoms with E-state index in [0.717, 1.165) is 12.8 Å². The summed E-state index contributed by atoms with van der Waals surface area (Å²) in [5, 5.41) is 8.07. The number of methoxy groups -OCH3 is 1. The lowest BCUT2D eigenvalue weighted by molar-refractivity contribution is -0.182. The summed E-state index contributed by atoms with van der Waals surface area (Å²) in [5.41, 5.74) is -0.469. The molecule has 0 bridgehead atoms. The predicted molar refractivity (Wildman–Crippen MR) is 77.9 cm³/mol. The van der Waals surface area contributed by atoms with Gasteiger partial charge in [-0.2, -0.15) is 13.2 Å². The van der Waals surface area contributed by atoms with Gasteiger partial charge in [-0.25, -0.2) is 0 Å². The molecule has 2 aliphatic rings. The molecule has 2 heterocycles. The normalized spacial score (nSPS) is 22.3. The number of nitrogens with zero attached hydrogens (tertiary/aromatic N) is 4. The molecule has 1 atom stereocenters. The van der Waals surface area contributed by atoms with Crippen LogP contribution in [0.4, 0.5) is 13.2 Å². The molecule has 0 spiro atoms. The Morgan fingerprint density at radius 1 is 1.42 bits per heavy atom. The molecule has 1 fully saturated rings. The second-order valence-electron chi connectivity index (χ2n) is 6.86. The Morgan fingerprint density at radius 2 is 2.12 bits per heavy atom. The van der Waals surface area contributed by atoms with Crippen molar-refractivity contribution in [2.24, 2.45) is 11.3 Å². The van der Waals surface area contributed by atoms with Crippen LogP contribution in [0.2, 0.25) is 0 Å². The van der Waals surface area contributed by atoms with Crippen molar-refractivity contribution in [1.82, 2.24) is 19.7 Å². The molecule has 1 unspecified atom stereocenters. The third kappa shape index (κ3) is 3.26. The van der Waals surface area contributed by atoms with E-state index in [0.29, 0.717) is 24.7 Å². The lowest BCUT2D eigenvalue weighted by Gasteiger charge is -2.27. The maximum atomic E-state index is 13.0. The minimum Gasteiger partial charge on any atom is -0.469 e. The van der Waals surface area contributed by atoms with Gasteiger partial charge in [-0.1, -0.05) is 0 Å². The van der Waals surface area contributed by atoms with Gasteiger partial charge in [-0.15, -0.1) is 10.2 Å². The standard InChI is InChI=1S/C15H21F3N4O2/c1-21(9-14(5-6-14)13(23)24-2)8-12-20-19-11-4-3-10(7-22(11)12)15(16,17)18/h10H,3-9H2,1-2H3. The molecular weight excluding hydrogens is 325 g/mol. The molecule has 0 aromatic carbocycles. The van der Waals surface area contributed by atoms with Crippen molar-refractivity contribution in [2.45, 2.75) is 44.9 Å². The molecule has 0 N–H and O–H groups in total. The van der Waals surface area contributed by atoms with Crippen molar-refractivity contribution >= 4 is 5.97 Å². The number of aromatic nitrogens is 3. The van der Waals surface area contributed by atoms with E-state index in [4.69, 9.17) is 4.74 Å². The number of carbonyl (C=O) groups excluding carboxylic acids is 1. The van der Waals surface area contributed by atoms with Crippen LogP contribution in [0, 0.1) is 11.3 Å². The van der Waals surface area contributed by atoms with Crippen molar-refractivity contribution in [1.29, 1.82) is 0 Å². The van der Waals surface area contributed by atoms with E-state index in [1.807, 2.05) is 11.9 Å². The first-order valence-corrected chi connectivity index (χ1v) is 8.00. The van der Waals surface area contributed by atoms with E-state index < -0.39 is 17.5 Å². The van der Waals surface area contributed by atoms with Crippen LogP contribution in [0.3, 0.4) is 0 Å². The summed E-state index contributed by atoms with van der Waals surface area (Å²) in [7, 11) is 3.20. The van der Waals surface area contributed by atoms with Gasteiger partial charge in [0, 0.05) is 19.5 Å². The van der Waals surface area contributed by atoms with Crippen LogP contribution in [-0.2, 0) is 29.0 Å². The molecule has 1 aromatic rings. The minimum atomic E-state index is -4.20. The Labute approximate surface area is 138 Å². The molecule has 0 amide bonds. The number of alkyl halides is 3. The average Bonchev–Trinajstić information content (AvgIpc) is 3.19. The van der Waals surface area contributed by atoms with E-state index in [2.05, 4.69) is 10.2 Å². The Hall–Kier alpha value is -1.64. The summed E-state index contributed by atoms with van der Waals surface area (Å²) < 4.78 is 45.3. The van der Waals surface area contributed by atoms with Gasteiger partial charge in [-0.3, -0.25) is 9.69 Å². The molecule has 9 heteroatoms. The largest absolute Gasteiger partial charge is 0.469 e. The molecule has 1 saturated carbocycles. The quantitative estimate of drug-likeness (QED) is 0.761. The highest BCUT2D eigenvalue weighted by molar-refractivity contribution is 5.80. The minimum absolute atomic E-state index is 0.0585. The van der Waals surface area contributed by atoms with Crippen molar-refractivity contribution in [3.63, 3.8) is 0 Å². The SMILES string of the molecule is COC(=O)C1(CN(C)Cc2nnc3n2CC(C(F)(F)F)CC3)CC1. The number of carbonyl (C=O) groups is 1. The Balaban J connectivity index is 1.67. The number of hydrogen-bond acceptors (Lipinski definition) is 5. The number of aryl methyl sites for hydroxylation is 1. The van der Waals surface area contributed by atoms with Crippen LogP contribution in [0.1, 0.15) is 30.9 Å². The zero-order chi connectivity index (χ0) is 17.5. The van der Waals surface area contributed by atoms with Crippen molar-refractivity contribution < 1.29 is 22.7 Å². The highest BCUT2D eigenvalue weighted by Gasteiger charge is 2.51. The van der Waals surface area contributed by atoms with Gasteiger partial charge >= 0.3 is 12.1 Å². The molecule has 24 heavy (non-hydrogen) atoms. The summed E-state index contributed by atoms with van der Waals surface area (Å²) in [6, 6.07) is 0. The fraction of sp³-hybridized carbons (Fsp3) is 0.800. The number of halogens is 3. The van der Waals surface area contributed by atoms with Gasteiger partial charge in [0.1, 0.15) is 11.6 Å². The van der Waals surface area contributed by atoms with E-state index in [1.165, 1.54) is 7.11 Å². The Morgan fingerprint density at radius 3 is 2.71 bits per heavy atom. The average molecular weight is 346 g/mol. The fourth-order valence-electron chi connectivity index (χ4n) is 3.38. The maximum Gasteiger partial charge on any atom is 0.393 e. The van der Waals surface area contributed by atoms with E-state index in [9.17, 15) is 18.0 Å². The molecule has 1 aromatic heterocycles. The first-order chi connectivity index (χ1) is 11.2. The first-order valence-electron chi connectivity index (χ1n) is 8.00. The summed E-state index contributed by atoms with van der Waals surface area (Å²) in [5.74, 6) is -0.459.